The van der Waals surface area contributed by atoms with Crippen LogP contribution in [0.3, 0.4) is 0 Å². The van der Waals surface area contributed by atoms with E-state index in [2.05, 4.69) is 41.5 Å². The molecule has 3 fully saturated rings. The summed E-state index contributed by atoms with van der Waals surface area (Å²) in [6.45, 7) is 15.4. The Bertz CT molecular complexity index is 794. The number of hydrogen-bond acceptors (Lipinski definition) is 3. The standard InChI is InChI=1S/C27H42O3/c1-16(14-17(2)28)18-10-11-27(7)23-21(29)15-20-19(8-9-22(30)24(20,3)4)25(23,5)12-13-26(18,27)6/h15-16,18-19,22-23,30H,8-14H2,1-7H3. The third kappa shape index (κ3) is 2.72. The molecule has 0 radical (unpaired) electrons. The number of aliphatic hydroxyl groups excluding tert-OH is 1. The summed E-state index contributed by atoms with van der Waals surface area (Å²) < 4.78 is 0. The van der Waals surface area contributed by atoms with Crippen molar-refractivity contribution in [2.24, 2.45) is 45.3 Å². The fourth-order valence-electron chi connectivity index (χ4n) is 9.04. The summed E-state index contributed by atoms with van der Waals surface area (Å²) in [5.74, 6) is 1.93. The maximum atomic E-state index is 13.8. The Morgan fingerprint density at radius 2 is 1.73 bits per heavy atom. The number of rotatable bonds is 3. The van der Waals surface area contributed by atoms with Gasteiger partial charge in [-0.25, -0.2) is 0 Å². The van der Waals surface area contributed by atoms with Crippen LogP contribution in [0.25, 0.3) is 0 Å². The van der Waals surface area contributed by atoms with E-state index in [0.29, 0.717) is 30.0 Å². The van der Waals surface area contributed by atoms with E-state index in [1.165, 1.54) is 5.57 Å². The maximum Gasteiger partial charge on any atom is 0.159 e. The predicted octanol–water partition coefficient (Wildman–Crippen LogP) is 5.75. The van der Waals surface area contributed by atoms with Gasteiger partial charge < -0.3 is 9.90 Å². The number of carbonyl (C=O) groups excluding carboxylic acids is 2. The monoisotopic (exact) mass is 414 g/mol. The Morgan fingerprint density at radius 1 is 1.07 bits per heavy atom. The molecule has 3 nitrogen and oxygen atoms in total. The zero-order valence-electron chi connectivity index (χ0n) is 20.2. The van der Waals surface area contributed by atoms with Crippen LogP contribution in [0.2, 0.25) is 0 Å². The lowest BCUT2D eigenvalue weighted by Gasteiger charge is -2.65. The summed E-state index contributed by atoms with van der Waals surface area (Å²) in [4.78, 5) is 25.7. The van der Waals surface area contributed by atoms with Crippen molar-refractivity contribution in [3.8, 4) is 0 Å². The molecule has 0 amide bonds. The number of allylic oxidation sites excluding steroid dienone is 1. The Balaban J connectivity index is 1.76. The molecule has 0 saturated heterocycles. The van der Waals surface area contributed by atoms with E-state index in [9.17, 15) is 14.7 Å². The molecule has 0 aromatic rings. The van der Waals surface area contributed by atoms with Crippen LogP contribution >= 0.6 is 0 Å². The number of carbonyl (C=O) groups is 2. The van der Waals surface area contributed by atoms with Gasteiger partial charge in [0, 0.05) is 17.8 Å². The molecule has 168 valence electrons. The van der Waals surface area contributed by atoms with Crippen molar-refractivity contribution >= 4 is 11.6 Å². The lowest BCUT2D eigenvalue weighted by atomic mass is 9.39. The minimum Gasteiger partial charge on any atom is -0.392 e. The zero-order chi connectivity index (χ0) is 22.3. The van der Waals surface area contributed by atoms with Crippen LogP contribution in [-0.4, -0.2) is 22.8 Å². The van der Waals surface area contributed by atoms with Crippen LogP contribution < -0.4 is 0 Å². The van der Waals surface area contributed by atoms with Crippen LogP contribution in [0.4, 0.5) is 0 Å². The maximum absolute atomic E-state index is 13.8. The Kier molecular flexibility index (Phi) is 5.02. The van der Waals surface area contributed by atoms with E-state index in [0.717, 1.165) is 38.5 Å². The lowest BCUT2D eigenvalue weighted by molar-refractivity contribution is -0.164. The molecule has 8 unspecified atom stereocenters. The largest absolute Gasteiger partial charge is 0.392 e. The molecule has 0 aromatic carbocycles. The van der Waals surface area contributed by atoms with Crippen LogP contribution in [0.5, 0.6) is 0 Å². The fourth-order valence-corrected chi connectivity index (χ4v) is 9.04. The molecule has 0 heterocycles. The van der Waals surface area contributed by atoms with Crippen molar-refractivity contribution in [1.29, 1.82) is 0 Å². The molecule has 0 aromatic heterocycles. The predicted molar refractivity (Wildman–Crippen MR) is 120 cm³/mol. The van der Waals surface area contributed by atoms with Gasteiger partial charge in [-0.3, -0.25) is 4.79 Å². The van der Waals surface area contributed by atoms with E-state index < -0.39 is 0 Å². The van der Waals surface area contributed by atoms with E-state index in [1.807, 2.05) is 6.08 Å². The lowest BCUT2D eigenvalue weighted by Crippen LogP contribution is -2.61. The second-order valence-electron chi connectivity index (χ2n) is 12.7. The summed E-state index contributed by atoms with van der Waals surface area (Å²) in [7, 11) is 0. The van der Waals surface area contributed by atoms with E-state index in [4.69, 9.17) is 0 Å². The van der Waals surface area contributed by atoms with E-state index >= 15 is 0 Å². The topological polar surface area (TPSA) is 54.4 Å². The molecule has 3 heteroatoms. The van der Waals surface area contributed by atoms with Gasteiger partial charge in [0.25, 0.3) is 0 Å². The highest BCUT2D eigenvalue weighted by atomic mass is 16.3. The molecule has 0 aliphatic heterocycles. The van der Waals surface area contributed by atoms with Crippen molar-refractivity contribution in [2.45, 2.75) is 99.5 Å². The Morgan fingerprint density at radius 3 is 2.37 bits per heavy atom. The summed E-state index contributed by atoms with van der Waals surface area (Å²) in [6.07, 6.45) is 8.52. The van der Waals surface area contributed by atoms with E-state index in [1.54, 1.807) is 6.92 Å². The highest BCUT2D eigenvalue weighted by molar-refractivity contribution is 5.95. The van der Waals surface area contributed by atoms with Crippen LogP contribution in [0.15, 0.2) is 11.6 Å². The number of aliphatic hydroxyl groups is 1. The Labute approximate surface area is 183 Å². The molecular formula is C27H42O3. The van der Waals surface area contributed by atoms with Gasteiger partial charge >= 0.3 is 0 Å². The van der Waals surface area contributed by atoms with Crippen LogP contribution in [0.1, 0.15) is 93.4 Å². The van der Waals surface area contributed by atoms with Gasteiger partial charge in [-0.15, -0.1) is 0 Å². The summed E-state index contributed by atoms with van der Waals surface area (Å²) in [6, 6.07) is 0. The van der Waals surface area contributed by atoms with Crippen LogP contribution in [0, 0.1) is 45.3 Å². The Hall–Kier alpha value is -0.960. The molecular weight excluding hydrogens is 372 g/mol. The number of Topliss-reactive ketones (excluding diaryl/α,β-unsaturated/α-hetero) is 1. The van der Waals surface area contributed by atoms with Crippen molar-refractivity contribution in [2.75, 3.05) is 0 Å². The van der Waals surface area contributed by atoms with Gasteiger partial charge in [-0.05, 0) is 85.5 Å². The first kappa shape index (κ1) is 22.2. The van der Waals surface area contributed by atoms with Crippen molar-refractivity contribution < 1.29 is 14.7 Å². The van der Waals surface area contributed by atoms with Gasteiger partial charge in [0.15, 0.2) is 5.78 Å². The average molecular weight is 415 g/mol. The number of fused-ring (bicyclic) bond motifs is 5. The summed E-state index contributed by atoms with van der Waals surface area (Å²) in [5.41, 5.74) is 0.955. The smallest absolute Gasteiger partial charge is 0.159 e. The van der Waals surface area contributed by atoms with Crippen molar-refractivity contribution in [3.63, 3.8) is 0 Å². The first-order valence-corrected chi connectivity index (χ1v) is 12.2. The molecule has 1 N–H and O–H groups in total. The molecule has 0 bridgehead atoms. The first-order chi connectivity index (χ1) is 13.8. The molecule has 3 saturated carbocycles. The summed E-state index contributed by atoms with van der Waals surface area (Å²) >= 11 is 0. The second kappa shape index (κ2) is 6.77. The highest BCUT2D eigenvalue weighted by Crippen LogP contribution is 2.74. The van der Waals surface area contributed by atoms with Gasteiger partial charge in [-0.2, -0.15) is 0 Å². The quantitative estimate of drug-likeness (QED) is 0.640. The molecule has 30 heavy (non-hydrogen) atoms. The number of hydrogen-bond donors (Lipinski definition) is 1. The minimum atomic E-state index is -0.360. The highest BCUT2D eigenvalue weighted by Gasteiger charge is 2.69. The normalized spacial score (nSPS) is 48.3. The third-order valence-corrected chi connectivity index (χ3v) is 10.9. The SMILES string of the molecule is CC(=O)CC(C)C1CCC2(C)C3C(=O)C=C4C(CCC(O)C4(C)C)C3(C)CCC12C. The zero-order valence-corrected chi connectivity index (χ0v) is 20.2. The molecule has 4 aliphatic carbocycles. The fraction of sp³-hybridized carbons (Fsp3) is 0.852. The molecule has 4 rings (SSSR count). The van der Waals surface area contributed by atoms with Gasteiger partial charge in [0.05, 0.1) is 6.10 Å². The average Bonchev–Trinajstić information content (AvgIpc) is 2.90. The van der Waals surface area contributed by atoms with Gasteiger partial charge in [-0.1, -0.05) is 47.1 Å². The van der Waals surface area contributed by atoms with Crippen LogP contribution in [-0.2, 0) is 9.59 Å². The summed E-state index contributed by atoms with van der Waals surface area (Å²) in [5, 5.41) is 10.7. The number of ketones is 2. The second-order valence-corrected chi connectivity index (χ2v) is 12.7. The molecule has 8 atom stereocenters. The third-order valence-electron chi connectivity index (χ3n) is 10.9. The minimum absolute atomic E-state index is 0.0188. The van der Waals surface area contributed by atoms with Crippen molar-refractivity contribution in [3.05, 3.63) is 11.6 Å². The first-order valence-electron chi connectivity index (χ1n) is 12.2. The molecule has 0 spiro atoms. The van der Waals surface area contributed by atoms with Gasteiger partial charge in [0.1, 0.15) is 5.78 Å². The van der Waals surface area contributed by atoms with Gasteiger partial charge in [0.2, 0.25) is 0 Å². The van der Waals surface area contributed by atoms with Crippen molar-refractivity contribution in [1.82, 2.24) is 0 Å². The molecule has 4 aliphatic rings. The van der Waals surface area contributed by atoms with E-state index in [-0.39, 0.29) is 39.5 Å².